The van der Waals surface area contributed by atoms with Crippen LogP contribution in [-0.2, 0) is 20.3 Å². The Kier molecular flexibility index (Phi) is 9.55. The third-order valence-electron chi connectivity index (χ3n) is 5.89. The Morgan fingerprint density at radius 1 is 1.29 bits per heavy atom. The van der Waals surface area contributed by atoms with E-state index in [0.717, 1.165) is 0 Å². The molecular formula is C27H31N9O4S. The fourth-order valence-electron chi connectivity index (χ4n) is 4.02. The lowest BCUT2D eigenvalue weighted by molar-refractivity contribution is -0.114. The molecule has 0 saturated carbocycles. The van der Waals surface area contributed by atoms with E-state index < -0.39 is 15.5 Å². The largest absolute Gasteiger partial charge is 0.372 e. The Hall–Kier alpha value is -4.66. The van der Waals surface area contributed by atoms with Gasteiger partial charge in [-0.1, -0.05) is 32.9 Å². The molecule has 0 saturated heterocycles. The van der Waals surface area contributed by atoms with Gasteiger partial charge in [0, 0.05) is 37.3 Å². The lowest BCUT2D eigenvalue weighted by Gasteiger charge is -2.24. The number of carbonyl (C=O) groups is 1. The van der Waals surface area contributed by atoms with E-state index >= 15 is 0 Å². The molecule has 0 fully saturated rings. The van der Waals surface area contributed by atoms with Crippen LogP contribution in [-0.4, -0.2) is 52.5 Å². The van der Waals surface area contributed by atoms with Crippen LogP contribution >= 0.6 is 0 Å². The summed E-state index contributed by atoms with van der Waals surface area (Å²) < 4.78 is 32.6. The molecule has 2 N–H and O–H groups in total. The summed E-state index contributed by atoms with van der Waals surface area (Å²) in [6.07, 6.45) is 1.72. The number of hydrogen-bond acceptors (Lipinski definition) is 9. The molecule has 0 spiro atoms. The highest BCUT2D eigenvalue weighted by Gasteiger charge is 2.29. The molecular weight excluding hydrogens is 546 g/mol. The summed E-state index contributed by atoms with van der Waals surface area (Å²) in [6, 6.07) is 10.4. The lowest BCUT2D eigenvalue weighted by Crippen LogP contribution is -2.25. The zero-order valence-electron chi connectivity index (χ0n) is 23.5. The lowest BCUT2D eigenvalue weighted by atomic mass is 9.90. The smallest absolute Gasteiger partial charge is 0.264 e. The van der Waals surface area contributed by atoms with Gasteiger partial charge in [-0.15, -0.1) is 10.2 Å². The summed E-state index contributed by atoms with van der Waals surface area (Å²) >= 11 is 0. The fraction of sp³-hybridized carbons (Fsp3) is 0.370. The predicted octanol–water partition coefficient (Wildman–Crippen LogP) is 5.47. The first kappa shape index (κ1) is 30.9. The highest BCUT2D eigenvalue weighted by atomic mass is 32.2. The topological polar surface area (TPSA) is 170 Å². The van der Waals surface area contributed by atoms with Gasteiger partial charge in [-0.3, -0.25) is 9.35 Å². The Labute approximate surface area is 239 Å². The molecule has 0 atom stereocenters. The number of azo groups is 1. The van der Waals surface area contributed by atoms with Crippen molar-refractivity contribution in [2.75, 3.05) is 29.1 Å². The Bertz CT molecular complexity index is 1660. The van der Waals surface area contributed by atoms with Crippen LogP contribution < -0.4 is 10.2 Å². The van der Waals surface area contributed by atoms with Gasteiger partial charge in [0.05, 0.1) is 23.7 Å². The summed E-state index contributed by atoms with van der Waals surface area (Å²) in [5, 5.41) is 26.1. The zero-order chi connectivity index (χ0) is 30.4. The maximum absolute atomic E-state index is 12.0. The van der Waals surface area contributed by atoms with E-state index in [1.807, 2.05) is 32.6 Å². The number of amides is 1. The van der Waals surface area contributed by atoms with E-state index in [1.165, 1.54) is 17.8 Å². The van der Waals surface area contributed by atoms with Crippen LogP contribution in [0.25, 0.3) is 10.7 Å². The molecule has 41 heavy (non-hydrogen) atoms. The molecule has 0 radical (unpaired) electrons. The molecule has 0 bridgehead atoms. The van der Waals surface area contributed by atoms with Crippen molar-refractivity contribution >= 4 is 44.6 Å². The van der Waals surface area contributed by atoms with E-state index in [1.54, 1.807) is 30.3 Å². The number of hydrogen-bond donors (Lipinski definition) is 2. The van der Waals surface area contributed by atoms with Gasteiger partial charge in [-0.05, 0) is 31.5 Å². The highest BCUT2D eigenvalue weighted by Crippen LogP contribution is 2.37. The van der Waals surface area contributed by atoms with E-state index in [-0.39, 0.29) is 41.0 Å². The summed E-state index contributed by atoms with van der Waals surface area (Å²) in [5.41, 5.74) is 1.64. The maximum Gasteiger partial charge on any atom is 0.264 e. The van der Waals surface area contributed by atoms with Gasteiger partial charge in [0.1, 0.15) is 17.3 Å². The molecule has 3 aromatic rings. The van der Waals surface area contributed by atoms with Crippen molar-refractivity contribution in [1.82, 2.24) is 14.8 Å². The van der Waals surface area contributed by atoms with Gasteiger partial charge in [-0.2, -0.15) is 18.8 Å². The first-order chi connectivity index (χ1) is 19.3. The average Bonchev–Trinajstić information content (AvgIpc) is 3.28. The molecule has 2 aromatic heterocycles. The summed E-state index contributed by atoms with van der Waals surface area (Å²) in [4.78, 5) is 21.7. The quantitative estimate of drug-likeness (QED) is 0.182. The van der Waals surface area contributed by atoms with Crippen molar-refractivity contribution in [2.45, 2.75) is 46.5 Å². The standard InChI is InChI=1S/C27H31N9O4S/c1-7-35(14-9-15-41(38,39)40)19-11-12-21(23(16-19)31-18(2)37)32-33-25-20(17-28)24(27(3,4)5)34-36(25)26-22(29-6)10-8-13-30-26/h8,10-13,16H,7,9,14-15H2,1-5H3,(H,31,37)(H,38,39,40). The van der Waals surface area contributed by atoms with Crippen LogP contribution in [0.2, 0.25) is 0 Å². The number of aromatic nitrogens is 3. The van der Waals surface area contributed by atoms with Gasteiger partial charge in [-0.25, -0.2) is 14.5 Å². The number of nitrogens with zero attached hydrogens (tertiary/aromatic N) is 8. The van der Waals surface area contributed by atoms with Crippen LogP contribution in [0.1, 0.15) is 52.3 Å². The van der Waals surface area contributed by atoms with Gasteiger partial charge < -0.3 is 10.2 Å². The number of rotatable bonds is 10. The molecule has 0 unspecified atom stereocenters. The van der Waals surface area contributed by atoms with Crippen molar-refractivity contribution in [2.24, 2.45) is 10.2 Å². The maximum atomic E-state index is 12.0. The van der Waals surface area contributed by atoms with Gasteiger partial charge in [0.15, 0.2) is 11.6 Å². The van der Waals surface area contributed by atoms with Crippen LogP contribution in [0.5, 0.6) is 0 Å². The number of nitriles is 1. The summed E-state index contributed by atoms with van der Waals surface area (Å²) in [6.45, 7) is 17.4. The van der Waals surface area contributed by atoms with Crippen LogP contribution in [0, 0.1) is 17.9 Å². The first-order valence-corrected chi connectivity index (χ1v) is 14.3. The summed E-state index contributed by atoms with van der Waals surface area (Å²) in [7, 11) is -4.08. The van der Waals surface area contributed by atoms with E-state index in [2.05, 4.69) is 36.5 Å². The van der Waals surface area contributed by atoms with Crippen molar-refractivity contribution in [3.05, 3.63) is 59.2 Å². The molecule has 2 heterocycles. The number of pyridine rings is 1. The first-order valence-electron chi connectivity index (χ1n) is 12.7. The second kappa shape index (κ2) is 12.7. The monoisotopic (exact) mass is 577 g/mol. The molecule has 3 rings (SSSR count). The molecule has 214 valence electrons. The Morgan fingerprint density at radius 3 is 2.61 bits per heavy atom. The van der Waals surface area contributed by atoms with E-state index in [9.17, 15) is 18.5 Å². The number of carbonyl (C=O) groups excluding carboxylic acids is 1. The number of anilines is 2. The van der Waals surface area contributed by atoms with Crippen molar-refractivity contribution in [3.63, 3.8) is 0 Å². The van der Waals surface area contributed by atoms with Crippen molar-refractivity contribution in [1.29, 1.82) is 5.26 Å². The molecule has 1 aromatic carbocycles. The minimum atomic E-state index is -4.08. The average molecular weight is 578 g/mol. The Morgan fingerprint density at radius 2 is 2.02 bits per heavy atom. The predicted molar refractivity (Wildman–Crippen MR) is 155 cm³/mol. The van der Waals surface area contributed by atoms with Crippen molar-refractivity contribution in [3.8, 4) is 11.9 Å². The fourth-order valence-corrected chi connectivity index (χ4v) is 4.52. The second-order valence-corrected chi connectivity index (χ2v) is 11.7. The minimum absolute atomic E-state index is 0.0827. The van der Waals surface area contributed by atoms with Crippen LogP contribution in [0.15, 0.2) is 46.8 Å². The molecule has 0 aliphatic rings. The van der Waals surface area contributed by atoms with Gasteiger partial charge in [0.2, 0.25) is 11.6 Å². The van der Waals surface area contributed by atoms with Crippen molar-refractivity contribution < 1.29 is 17.8 Å². The van der Waals surface area contributed by atoms with E-state index in [0.29, 0.717) is 35.8 Å². The zero-order valence-corrected chi connectivity index (χ0v) is 24.3. The van der Waals surface area contributed by atoms with E-state index in [4.69, 9.17) is 11.1 Å². The molecule has 1 amide bonds. The van der Waals surface area contributed by atoms with Gasteiger partial charge in [0.25, 0.3) is 10.1 Å². The minimum Gasteiger partial charge on any atom is -0.372 e. The molecule has 0 aliphatic carbocycles. The Balaban J connectivity index is 2.12. The molecule has 13 nitrogen and oxygen atoms in total. The number of benzene rings is 1. The highest BCUT2D eigenvalue weighted by molar-refractivity contribution is 7.85. The van der Waals surface area contributed by atoms with Crippen LogP contribution in [0.4, 0.5) is 28.6 Å². The molecule has 14 heteroatoms. The van der Waals surface area contributed by atoms with Gasteiger partial charge >= 0.3 is 0 Å². The normalized spacial score (nSPS) is 11.7. The summed E-state index contributed by atoms with van der Waals surface area (Å²) in [5.74, 6) is -0.435. The SMILES string of the molecule is [C-]#[N+]c1cccnc1-n1nc(C(C)(C)C)c(C#N)c1N=Nc1ccc(N(CC)CCCS(=O)(=O)O)cc1NC(C)=O. The third-order valence-corrected chi connectivity index (χ3v) is 6.70. The number of nitrogens with one attached hydrogen (secondary N) is 1. The third kappa shape index (κ3) is 7.72. The molecule has 0 aliphatic heterocycles. The van der Waals surface area contributed by atoms with Crippen LogP contribution in [0.3, 0.4) is 0 Å². The second-order valence-electron chi connectivity index (χ2n) is 10.1.